The molecule has 0 bridgehead atoms. The summed E-state index contributed by atoms with van der Waals surface area (Å²) >= 11 is 1.82. The van der Waals surface area contributed by atoms with Gasteiger partial charge in [0.25, 0.3) is 5.89 Å². The molecule has 0 fully saturated rings. The Labute approximate surface area is 117 Å². The molecule has 2 aromatic heterocycles. The Kier molecular flexibility index (Phi) is 3.94. The molecule has 2 heterocycles. The van der Waals surface area contributed by atoms with E-state index in [2.05, 4.69) is 16.2 Å². The summed E-state index contributed by atoms with van der Waals surface area (Å²) in [7, 11) is 0. The van der Waals surface area contributed by atoms with Crippen molar-refractivity contribution in [1.29, 1.82) is 0 Å². The average Bonchev–Trinajstić information content (AvgIpc) is 2.99. The van der Waals surface area contributed by atoms with Crippen LogP contribution in [0.25, 0.3) is 10.8 Å². The van der Waals surface area contributed by atoms with Crippen molar-refractivity contribution in [3.63, 3.8) is 0 Å². The predicted octanol–water partition coefficient (Wildman–Crippen LogP) is 2.96. The molecule has 3 rings (SSSR count). The number of nitrogens with two attached hydrogens (primary N) is 1. The van der Waals surface area contributed by atoms with Crippen LogP contribution in [-0.2, 0) is 19.3 Å². The highest BCUT2D eigenvalue weighted by atomic mass is 32.1. The van der Waals surface area contributed by atoms with Gasteiger partial charge in [-0.05, 0) is 50.3 Å². The van der Waals surface area contributed by atoms with E-state index in [1.165, 1.54) is 42.5 Å². The van der Waals surface area contributed by atoms with Crippen molar-refractivity contribution in [3.8, 4) is 10.8 Å². The van der Waals surface area contributed by atoms with Crippen LogP contribution in [0, 0.1) is 0 Å². The van der Waals surface area contributed by atoms with Crippen LogP contribution in [0.3, 0.4) is 0 Å². The zero-order valence-electron chi connectivity index (χ0n) is 11.0. The second kappa shape index (κ2) is 5.84. The van der Waals surface area contributed by atoms with Gasteiger partial charge in [-0.3, -0.25) is 0 Å². The minimum atomic E-state index is 0.664. The van der Waals surface area contributed by atoms with Crippen LogP contribution in [0.5, 0.6) is 0 Å². The van der Waals surface area contributed by atoms with Gasteiger partial charge in [-0.1, -0.05) is 11.6 Å². The van der Waals surface area contributed by atoms with Gasteiger partial charge in [0.1, 0.15) is 0 Å². The number of rotatable bonds is 4. The van der Waals surface area contributed by atoms with Gasteiger partial charge < -0.3 is 10.3 Å². The lowest BCUT2D eigenvalue weighted by molar-refractivity contribution is 0.422. The Hall–Kier alpha value is -1.20. The summed E-state index contributed by atoms with van der Waals surface area (Å²) in [6.45, 7) is 0.664. The second-order valence-electron chi connectivity index (χ2n) is 5.03. The first-order valence-corrected chi connectivity index (χ1v) is 7.83. The largest absolute Gasteiger partial charge is 0.333 e. The van der Waals surface area contributed by atoms with Crippen LogP contribution < -0.4 is 5.73 Å². The molecule has 19 heavy (non-hydrogen) atoms. The highest BCUT2D eigenvalue weighted by Gasteiger charge is 2.16. The second-order valence-corrected chi connectivity index (χ2v) is 6.16. The summed E-state index contributed by atoms with van der Waals surface area (Å²) in [6.07, 6.45) is 8.05. The number of hydrogen-bond acceptors (Lipinski definition) is 5. The number of fused-ring (bicyclic) bond motifs is 1. The first-order chi connectivity index (χ1) is 9.36. The van der Waals surface area contributed by atoms with E-state index >= 15 is 0 Å². The van der Waals surface area contributed by atoms with Crippen LogP contribution in [0.1, 0.15) is 41.9 Å². The minimum absolute atomic E-state index is 0.664. The maximum absolute atomic E-state index is 5.49. The number of aryl methyl sites for hydroxylation is 3. The molecule has 0 atom stereocenters. The van der Waals surface area contributed by atoms with Crippen molar-refractivity contribution >= 4 is 11.3 Å². The Balaban J connectivity index is 1.80. The molecule has 0 saturated carbocycles. The molecule has 2 N–H and O–H groups in total. The van der Waals surface area contributed by atoms with Crippen molar-refractivity contribution in [2.45, 2.75) is 44.9 Å². The third-order valence-electron chi connectivity index (χ3n) is 3.53. The Morgan fingerprint density at radius 3 is 3.05 bits per heavy atom. The van der Waals surface area contributed by atoms with Gasteiger partial charge in [0, 0.05) is 11.3 Å². The van der Waals surface area contributed by atoms with Gasteiger partial charge in [0.2, 0.25) is 0 Å². The molecule has 2 aromatic rings. The van der Waals surface area contributed by atoms with E-state index in [1.54, 1.807) is 0 Å². The topological polar surface area (TPSA) is 64.9 Å². The summed E-state index contributed by atoms with van der Waals surface area (Å²) in [5.74, 6) is 1.44. The molecule has 5 heteroatoms. The summed E-state index contributed by atoms with van der Waals surface area (Å²) in [5.41, 5.74) is 6.98. The molecule has 102 valence electrons. The summed E-state index contributed by atoms with van der Waals surface area (Å²) < 4.78 is 5.37. The molecule has 1 aliphatic carbocycles. The van der Waals surface area contributed by atoms with E-state index in [9.17, 15) is 0 Å². The van der Waals surface area contributed by atoms with Gasteiger partial charge in [0.15, 0.2) is 5.82 Å². The van der Waals surface area contributed by atoms with Gasteiger partial charge in [0.05, 0.1) is 4.88 Å². The smallest absolute Gasteiger partial charge is 0.268 e. The van der Waals surface area contributed by atoms with Crippen LogP contribution >= 0.6 is 11.3 Å². The lowest BCUT2D eigenvalue weighted by atomic mass is 10.1. The monoisotopic (exact) mass is 277 g/mol. The van der Waals surface area contributed by atoms with Crippen LogP contribution in [-0.4, -0.2) is 16.7 Å². The lowest BCUT2D eigenvalue weighted by Gasteiger charge is -1.92. The molecule has 4 nitrogen and oxygen atoms in total. The van der Waals surface area contributed by atoms with E-state index < -0.39 is 0 Å². The fourth-order valence-corrected chi connectivity index (χ4v) is 3.66. The third kappa shape index (κ3) is 2.87. The van der Waals surface area contributed by atoms with Crippen LogP contribution in [0.2, 0.25) is 0 Å². The van der Waals surface area contributed by atoms with E-state index in [-0.39, 0.29) is 0 Å². The molecule has 0 unspecified atom stereocenters. The van der Waals surface area contributed by atoms with Crippen LogP contribution in [0.15, 0.2) is 10.6 Å². The van der Waals surface area contributed by atoms with Crippen molar-refractivity contribution < 1.29 is 4.52 Å². The fourth-order valence-electron chi connectivity index (χ4n) is 2.49. The molecule has 0 amide bonds. The minimum Gasteiger partial charge on any atom is -0.333 e. The first kappa shape index (κ1) is 12.8. The van der Waals surface area contributed by atoms with Gasteiger partial charge in [-0.2, -0.15) is 4.98 Å². The standard InChI is InChI=1S/C14H19N3OS/c15-8-4-7-13-16-14(18-17-13)12-9-10-5-2-1-3-6-11(10)19-12/h9H,1-8,15H2. The Morgan fingerprint density at radius 1 is 1.26 bits per heavy atom. The molecular weight excluding hydrogens is 258 g/mol. The summed E-state index contributed by atoms with van der Waals surface area (Å²) in [5, 5.41) is 4.02. The zero-order valence-corrected chi connectivity index (χ0v) is 11.8. The van der Waals surface area contributed by atoms with E-state index in [1.807, 2.05) is 11.3 Å². The quantitative estimate of drug-likeness (QED) is 0.873. The van der Waals surface area contributed by atoms with Crippen molar-refractivity contribution in [1.82, 2.24) is 10.1 Å². The maximum atomic E-state index is 5.49. The van der Waals surface area contributed by atoms with Crippen molar-refractivity contribution in [2.75, 3.05) is 6.54 Å². The van der Waals surface area contributed by atoms with E-state index in [0.717, 1.165) is 23.5 Å². The maximum Gasteiger partial charge on any atom is 0.268 e. The Bertz CT molecular complexity index is 523. The van der Waals surface area contributed by atoms with Gasteiger partial charge >= 0.3 is 0 Å². The van der Waals surface area contributed by atoms with E-state index in [0.29, 0.717) is 12.4 Å². The molecule has 0 aromatic carbocycles. The Morgan fingerprint density at radius 2 is 2.16 bits per heavy atom. The molecule has 0 radical (unpaired) electrons. The highest BCUT2D eigenvalue weighted by molar-refractivity contribution is 7.15. The van der Waals surface area contributed by atoms with Crippen LogP contribution in [0.4, 0.5) is 0 Å². The highest BCUT2D eigenvalue weighted by Crippen LogP contribution is 2.34. The summed E-state index contributed by atoms with van der Waals surface area (Å²) in [4.78, 5) is 7.09. The lowest BCUT2D eigenvalue weighted by Crippen LogP contribution is -2.01. The van der Waals surface area contributed by atoms with Crippen molar-refractivity contribution in [3.05, 3.63) is 22.3 Å². The zero-order chi connectivity index (χ0) is 13.1. The number of hydrogen-bond donors (Lipinski definition) is 1. The SMILES string of the molecule is NCCCc1noc(-c2cc3c(s2)CCCCC3)n1. The van der Waals surface area contributed by atoms with Crippen molar-refractivity contribution in [2.24, 2.45) is 5.73 Å². The molecular formula is C14H19N3OS. The van der Waals surface area contributed by atoms with E-state index in [4.69, 9.17) is 10.3 Å². The molecule has 0 spiro atoms. The molecule has 0 saturated heterocycles. The third-order valence-corrected chi connectivity index (χ3v) is 4.76. The predicted molar refractivity (Wildman–Crippen MR) is 76.2 cm³/mol. The number of aromatic nitrogens is 2. The number of nitrogens with zero attached hydrogens (tertiary/aromatic N) is 2. The molecule has 1 aliphatic rings. The summed E-state index contributed by atoms with van der Waals surface area (Å²) in [6, 6.07) is 2.24. The van der Waals surface area contributed by atoms with Gasteiger partial charge in [-0.25, -0.2) is 0 Å². The molecule has 0 aliphatic heterocycles. The first-order valence-electron chi connectivity index (χ1n) is 7.01. The normalized spacial score (nSPS) is 15.2. The average molecular weight is 277 g/mol. The fraction of sp³-hybridized carbons (Fsp3) is 0.571. The van der Waals surface area contributed by atoms with Gasteiger partial charge in [-0.15, -0.1) is 11.3 Å². The number of thiophene rings is 1.